The van der Waals surface area contributed by atoms with Gasteiger partial charge in [-0.2, -0.15) is 17.9 Å². The van der Waals surface area contributed by atoms with Gasteiger partial charge >= 0.3 is 6.18 Å². The maximum absolute atomic E-state index is 13.5. The Kier molecular flexibility index (Phi) is 4.29. The van der Waals surface area contributed by atoms with E-state index in [1.807, 2.05) is 4.90 Å². The van der Waals surface area contributed by atoms with Gasteiger partial charge < -0.3 is 4.90 Å². The Morgan fingerprint density at radius 3 is 2.56 bits per heavy atom. The lowest BCUT2D eigenvalue weighted by molar-refractivity contribution is -0.137. The number of nitrogens with zero attached hydrogens (tertiary/aromatic N) is 5. The van der Waals surface area contributed by atoms with Crippen LogP contribution in [0.3, 0.4) is 0 Å². The number of fused-ring (bicyclic) bond motifs is 1. The van der Waals surface area contributed by atoms with Crippen molar-refractivity contribution in [2.75, 3.05) is 11.4 Å². The standard InChI is InChI=1S/C18H15F4N5/c19-14-5-8-16-12(10-14)2-1-9-26(16)11-17-23-24-25-27(17)15-6-3-13(4-7-15)18(20,21)22/h3-8,10H,1-2,9,11H2. The Morgan fingerprint density at radius 2 is 1.81 bits per heavy atom. The van der Waals surface area contributed by atoms with Crippen molar-refractivity contribution in [1.82, 2.24) is 20.2 Å². The van der Waals surface area contributed by atoms with Crippen LogP contribution in [0, 0.1) is 5.82 Å². The van der Waals surface area contributed by atoms with Crippen LogP contribution in [0.2, 0.25) is 0 Å². The summed E-state index contributed by atoms with van der Waals surface area (Å²) in [6.07, 6.45) is -2.72. The van der Waals surface area contributed by atoms with E-state index in [9.17, 15) is 17.6 Å². The lowest BCUT2D eigenvalue weighted by atomic mass is 10.0. The van der Waals surface area contributed by atoms with Crippen molar-refractivity contribution in [3.8, 4) is 5.69 Å². The van der Waals surface area contributed by atoms with E-state index in [-0.39, 0.29) is 5.82 Å². The lowest BCUT2D eigenvalue weighted by Gasteiger charge is -2.30. The second kappa shape index (κ2) is 6.64. The molecule has 3 aromatic rings. The number of anilines is 1. The second-order valence-corrected chi connectivity index (χ2v) is 6.35. The van der Waals surface area contributed by atoms with Gasteiger partial charge in [-0.1, -0.05) is 0 Å². The van der Waals surface area contributed by atoms with Gasteiger partial charge in [-0.15, -0.1) is 5.10 Å². The third-order valence-electron chi connectivity index (χ3n) is 4.56. The van der Waals surface area contributed by atoms with Gasteiger partial charge in [0, 0.05) is 12.2 Å². The van der Waals surface area contributed by atoms with E-state index in [0.29, 0.717) is 18.1 Å². The zero-order valence-corrected chi connectivity index (χ0v) is 14.1. The molecule has 0 radical (unpaired) electrons. The first kappa shape index (κ1) is 17.4. The molecular formula is C18H15F4N5. The largest absolute Gasteiger partial charge is 0.416 e. The van der Waals surface area contributed by atoms with Crippen molar-refractivity contribution in [1.29, 1.82) is 0 Å². The lowest BCUT2D eigenvalue weighted by Crippen LogP contribution is -2.30. The minimum absolute atomic E-state index is 0.273. The highest BCUT2D eigenvalue weighted by atomic mass is 19.4. The van der Waals surface area contributed by atoms with Crippen LogP contribution < -0.4 is 4.90 Å². The summed E-state index contributed by atoms with van der Waals surface area (Å²) in [6.45, 7) is 1.13. The molecule has 2 heterocycles. The predicted molar refractivity (Wildman–Crippen MR) is 89.9 cm³/mol. The molecule has 5 nitrogen and oxygen atoms in total. The van der Waals surface area contributed by atoms with Gasteiger partial charge in [0.15, 0.2) is 5.82 Å². The summed E-state index contributed by atoms with van der Waals surface area (Å²) in [6, 6.07) is 9.34. The smallest absolute Gasteiger partial charge is 0.364 e. The summed E-state index contributed by atoms with van der Waals surface area (Å²) in [4.78, 5) is 2.05. The summed E-state index contributed by atoms with van der Waals surface area (Å²) in [5.74, 6) is 0.220. The van der Waals surface area contributed by atoms with Gasteiger partial charge in [-0.25, -0.2) is 4.39 Å². The number of aryl methyl sites for hydroxylation is 1. The molecule has 4 rings (SSSR count). The molecule has 140 valence electrons. The summed E-state index contributed by atoms with van der Waals surface area (Å²) in [5.41, 5.74) is 1.56. The quantitative estimate of drug-likeness (QED) is 0.652. The summed E-state index contributed by atoms with van der Waals surface area (Å²) in [7, 11) is 0. The number of halogens is 4. The van der Waals surface area contributed by atoms with Crippen molar-refractivity contribution in [3.63, 3.8) is 0 Å². The minimum Gasteiger partial charge on any atom is -0.364 e. The van der Waals surface area contributed by atoms with Crippen LogP contribution in [-0.4, -0.2) is 26.8 Å². The molecular weight excluding hydrogens is 362 g/mol. The SMILES string of the molecule is Fc1ccc2c(c1)CCCN2Cc1nnnn1-c1ccc(C(F)(F)F)cc1. The topological polar surface area (TPSA) is 46.8 Å². The van der Waals surface area contributed by atoms with E-state index in [1.54, 1.807) is 6.07 Å². The Morgan fingerprint density at radius 1 is 1.04 bits per heavy atom. The van der Waals surface area contributed by atoms with Crippen LogP contribution in [0.25, 0.3) is 5.69 Å². The number of aromatic nitrogens is 4. The molecule has 0 spiro atoms. The normalized spacial score (nSPS) is 14.3. The van der Waals surface area contributed by atoms with E-state index in [2.05, 4.69) is 15.5 Å². The number of tetrazole rings is 1. The van der Waals surface area contributed by atoms with Crippen LogP contribution in [0.15, 0.2) is 42.5 Å². The van der Waals surface area contributed by atoms with Gasteiger partial charge in [-0.05, 0) is 71.3 Å². The van der Waals surface area contributed by atoms with Gasteiger partial charge in [0.1, 0.15) is 5.82 Å². The summed E-state index contributed by atoms with van der Waals surface area (Å²) in [5, 5.41) is 11.6. The Labute approximate surface area is 152 Å². The number of alkyl halides is 3. The van der Waals surface area contributed by atoms with Crippen molar-refractivity contribution in [2.24, 2.45) is 0 Å². The summed E-state index contributed by atoms with van der Waals surface area (Å²) >= 11 is 0. The summed E-state index contributed by atoms with van der Waals surface area (Å²) < 4.78 is 53.1. The van der Waals surface area contributed by atoms with E-state index in [1.165, 1.54) is 28.9 Å². The third kappa shape index (κ3) is 3.49. The zero-order chi connectivity index (χ0) is 19.0. The van der Waals surface area contributed by atoms with Crippen LogP contribution in [-0.2, 0) is 19.1 Å². The molecule has 0 fully saturated rings. The molecule has 9 heteroatoms. The van der Waals surface area contributed by atoms with Gasteiger partial charge in [0.25, 0.3) is 0 Å². The number of rotatable bonds is 3. The van der Waals surface area contributed by atoms with E-state index >= 15 is 0 Å². The second-order valence-electron chi connectivity index (χ2n) is 6.35. The third-order valence-corrected chi connectivity index (χ3v) is 4.56. The molecule has 1 aromatic heterocycles. The van der Waals surface area contributed by atoms with Crippen LogP contribution in [0.5, 0.6) is 0 Å². The first-order valence-electron chi connectivity index (χ1n) is 8.40. The Bertz CT molecular complexity index is 949. The monoisotopic (exact) mass is 377 g/mol. The van der Waals surface area contributed by atoms with Crippen molar-refractivity contribution < 1.29 is 17.6 Å². The molecule has 0 N–H and O–H groups in total. The number of benzene rings is 2. The van der Waals surface area contributed by atoms with Crippen molar-refractivity contribution in [2.45, 2.75) is 25.6 Å². The fraction of sp³-hybridized carbons (Fsp3) is 0.278. The first-order chi connectivity index (χ1) is 12.9. The molecule has 0 amide bonds. The van der Waals surface area contributed by atoms with E-state index in [4.69, 9.17) is 0 Å². The van der Waals surface area contributed by atoms with Gasteiger partial charge in [0.05, 0.1) is 17.8 Å². The maximum Gasteiger partial charge on any atom is 0.416 e. The number of hydrogen-bond donors (Lipinski definition) is 0. The average molecular weight is 377 g/mol. The van der Waals surface area contributed by atoms with E-state index < -0.39 is 11.7 Å². The zero-order valence-electron chi connectivity index (χ0n) is 14.1. The molecule has 0 saturated heterocycles. The molecule has 2 aromatic carbocycles. The van der Waals surface area contributed by atoms with Crippen molar-refractivity contribution >= 4 is 5.69 Å². The highest BCUT2D eigenvalue weighted by Crippen LogP contribution is 2.31. The maximum atomic E-state index is 13.5. The molecule has 0 bridgehead atoms. The first-order valence-corrected chi connectivity index (χ1v) is 8.40. The predicted octanol–water partition coefficient (Wildman–Crippen LogP) is 3.77. The Balaban J connectivity index is 1.61. The van der Waals surface area contributed by atoms with Gasteiger partial charge in [-0.3, -0.25) is 0 Å². The highest BCUT2D eigenvalue weighted by molar-refractivity contribution is 5.55. The molecule has 0 unspecified atom stereocenters. The van der Waals surface area contributed by atoms with Gasteiger partial charge in [0.2, 0.25) is 0 Å². The van der Waals surface area contributed by atoms with Crippen LogP contribution >= 0.6 is 0 Å². The molecule has 1 aliphatic heterocycles. The van der Waals surface area contributed by atoms with Crippen LogP contribution in [0.4, 0.5) is 23.2 Å². The van der Waals surface area contributed by atoms with Crippen LogP contribution in [0.1, 0.15) is 23.4 Å². The Hall–Kier alpha value is -2.97. The van der Waals surface area contributed by atoms with E-state index in [0.717, 1.165) is 42.8 Å². The fourth-order valence-electron chi connectivity index (χ4n) is 3.28. The molecule has 0 aliphatic carbocycles. The van der Waals surface area contributed by atoms with Crippen molar-refractivity contribution in [3.05, 3.63) is 65.2 Å². The minimum atomic E-state index is -4.39. The molecule has 27 heavy (non-hydrogen) atoms. The fourth-order valence-corrected chi connectivity index (χ4v) is 3.28. The highest BCUT2D eigenvalue weighted by Gasteiger charge is 2.30. The average Bonchev–Trinajstić information content (AvgIpc) is 3.09. The molecule has 0 atom stereocenters. The molecule has 0 saturated carbocycles. The number of hydrogen-bond acceptors (Lipinski definition) is 4. The molecule has 1 aliphatic rings.